The number of hydrazine groups is 1. The van der Waals surface area contributed by atoms with Crippen LogP contribution < -0.4 is 26.4 Å². The Kier molecular flexibility index (Phi) is 4.66. The number of nitrogens with zero attached hydrogens (tertiary/aromatic N) is 2. The minimum Gasteiger partial charge on any atom is -0.336 e. The molecule has 27 heavy (non-hydrogen) atoms. The quantitative estimate of drug-likeness (QED) is 0.447. The van der Waals surface area contributed by atoms with Crippen LogP contribution in [-0.4, -0.2) is 48.1 Å². The highest BCUT2D eigenvalue weighted by molar-refractivity contribution is 5.96. The molecule has 10 nitrogen and oxygen atoms in total. The monoisotopic (exact) mass is 374 g/mol. The van der Waals surface area contributed by atoms with Crippen molar-refractivity contribution in [2.24, 2.45) is 5.92 Å². The second-order valence-electron chi connectivity index (χ2n) is 7.21. The number of anilines is 2. The van der Waals surface area contributed by atoms with Crippen molar-refractivity contribution in [1.82, 2.24) is 16.2 Å². The van der Waals surface area contributed by atoms with Crippen LogP contribution in [0.4, 0.5) is 16.2 Å². The van der Waals surface area contributed by atoms with E-state index < -0.39 is 12.1 Å². The summed E-state index contributed by atoms with van der Waals surface area (Å²) in [4.78, 5) is 36.9. The van der Waals surface area contributed by atoms with Gasteiger partial charge in [-0.1, -0.05) is 0 Å². The number of carbonyl (C=O) groups excluding carboxylic acids is 2. The molecule has 2 saturated heterocycles. The van der Waals surface area contributed by atoms with Gasteiger partial charge in [0, 0.05) is 54.2 Å². The van der Waals surface area contributed by atoms with Gasteiger partial charge >= 0.3 is 6.03 Å². The van der Waals surface area contributed by atoms with Crippen molar-refractivity contribution >= 4 is 23.3 Å². The maximum absolute atomic E-state index is 12.7. The van der Waals surface area contributed by atoms with Gasteiger partial charge in [-0.05, 0) is 30.7 Å². The number of urea groups is 1. The number of rotatable bonds is 4. The molecule has 4 rings (SSSR count). The molecule has 0 radical (unpaired) electrons. The number of benzene rings is 1. The summed E-state index contributed by atoms with van der Waals surface area (Å²) in [7, 11) is 0. The van der Waals surface area contributed by atoms with E-state index in [1.807, 2.05) is 0 Å². The first kappa shape index (κ1) is 17.7. The molecular formula is C17H22N6O4. The van der Waals surface area contributed by atoms with Crippen LogP contribution in [0.2, 0.25) is 0 Å². The Morgan fingerprint density at radius 3 is 2.67 bits per heavy atom. The molecule has 4 atom stereocenters. The van der Waals surface area contributed by atoms with Gasteiger partial charge in [-0.2, -0.15) is 0 Å². The summed E-state index contributed by atoms with van der Waals surface area (Å²) in [6, 6.07) is 5.92. The Balaban J connectivity index is 1.40. The van der Waals surface area contributed by atoms with Crippen molar-refractivity contribution in [2.45, 2.75) is 37.4 Å². The van der Waals surface area contributed by atoms with Crippen molar-refractivity contribution in [3.63, 3.8) is 0 Å². The van der Waals surface area contributed by atoms with Crippen LogP contribution >= 0.6 is 0 Å². The molecule has 0 aromatic heterocycles. The second-order valence-corrected chi connectivity index (χ2v) is 7.21. The Morgan fingerprint density at radius 2 is 2.00 bits per heavy atom. The number of hydrogen-bond acceptors (Lipinski definition) is 6. The van der Waals surface area contributed by atoms with Crippen LogP contribution in [0.15, 0.2) is 24.3 Å². The van der Waals surface area contributed by atoms with Gasteiger partial charge in [0.2, 0.25) is 11.9 Å². The van der Waals surface area contributed by atoms with Gasteiger partial charge in [-0.15, -0.1) is 0 Å². The van der Waals surface area contributed by atoms with Crippen molar-refractivity contribution in [3.05, 3.63) is 34.4 Å². The second kappa shape index (κ2) is 7.12. The third kappa shape index (κ3) is 3.45. The van der Waals surface area contributed by atoms with E-state index in [0.29, 0.717) is 38.0 Å². The molecule has 1 saturated carbocycles. The summed E-state index contributed by atoms with van der Waals surface area (Å²) >= 11 is 0. The molecule has 4 N–H and O–H groups in total. The zero-order valence-corrected chi connectivity index (χ0v) is 14.7. The lowest BCUT2D eigenvalue weighted by atomic mass is 9.79. The van der Waals surface area contributed by atoms with Crippen LogP contribution in [-0.2, 0) is 4.79 Å². The lowest BCUT2D eigenvalue weighted by Gasteiger charge is -2.28. The largest absolute Gasteiger partial charge is 0.336 e. The first-order valence-corrected chi connectivity index (χ1v) is 9.14. The smallest absolute Gasteiger partial charge is 0.321 e. The Hall–Kier alpha value is -2.72. The Bertz CT molecular complexity index is 754. The molecule has 3 amide bonds. The van der Waals surface area contributed by atoms with Crippen LogP contribution in [0, 0.1) is 16.0 Å². The molecule has 1 aromatic rings. The fourth-order valence-electron chi connectivity index (χ4n) is 4.15. The fraction of sp³-hybridized carbons (Fsp3) is 0.529. The predicted octanol–water partition coefficient (Wildman–Crippen LogP) is 0.445. The molecule has 0 bridgehead atoms. The highest BCUT2D eigenvalue weighted by Gasteiger charge is 2.46. The summed E-state index contributed by atoms with van der Waals surface area (Å²) < 4.78 is 0. The normalized spacial score (nSPS) is 29.9. The molecule has 3 aliphatic rings. The van der Waals surface area contributed by atoms with Crippen molar-refractivity contribution in [1.29, 1.82) is 0 Å². The summed E-state index contributed by atoms with van der Waals surface area (Å²) in [6.45, 7) is 1.23. The summed E-state index contributed by atoms with van der Waals surface area (Å²) in [6.07, 6.45) is 1.60. The number of nitro groups is 1. The average Bonchev–Trinajstić information content (AvgIpc) is 3.28. The lowest BCUT2D eigenvalue weighted by Crippen LogP contribution is -2.44. The number of fused-ring (bicyclic) bond motifs is 1. The third-order valence-corrected chi connectivity index (χ3v) is 5.61. The maximum Gasteiger partial charge on any atom is 0.321 e. The highest BCUT2D eigenvalue weighted by Crippen LogP contribution is 2.32. The number of carbonyl (C=O) groups is 2. The Labute approximate surface area is 155 Å². The van der Waals surface area contributed by atoms with Gasteiger partial charge < -0.3 is 10.6 Å². The zero-order chi connectivity index (χ0) is 19.0. The SMILES string of the molecule is O=C(Nc1ccc(N2CCNC2=O)cc1)C1NNC2CCC([N+](=O)[O-])CC21. The maximum atomic E-state index is 12.7. The van der Waals surface area contributed by atoms with Crippen LogP contribution in [0.1, 0.15) is 19.3 Å². The Morgan fingerprint density at radius 1 is 1.22 bits per heavy atom. The minimum absolute atomic E-state index is 0.0769. The van der Waals surface area contributed by atoms with E-state index in [9.17, 15) is 19.7 Å². The van der Waals surface area contributed by atoms with E-state index in [0.717, 1.165) is 5.69 Å². The number of nitrogens with one attached hydrogen (secondary N) is 4. The first-order chi connectivity index (χ1) is 13.0. The molecule has 4 unspecified atom stereocenters. The summed E-state index contributed by atoms with van der Waals surface area (Å²) in [5, 5.41) is 16.7. The van der Waals surface area contributed by atoms with Crippen molar-refractivity contribution < 1.29 is 14.5 Å². The minimum atomic E-state index is -0.589. The highest BCUT2D eigenvalue weighted by atomic mass is 16.6. The predicted molar refractivity (Wildman–Crippen MR) is 97.8 cm³/mol. The number of amides is 3. The van der Waals surface area contributed by atoms with E-state index in [1.54, 1.807) is 29.2 Å². The van der Waals surface area contributed by atoms with E-state index in [-0.39, 0.29) is 28.8 Å². The van der Waals surface area contributed by atoms with Gasteiger partial charge in [0.15, 0.2) is 0 Å². The zero-order valence-electron chi connectivity index (χ0n) is 14.7. The van der Waals surface area contributed by atoms with E-state index in [4.69, 9.17) is 0 Å². The van der Waals surface area contributed by atoms with E-state index in [2.05, 4.69) is 21.5 Å². The van der Waals surface area contributed by atoms with Gasteiger partial charge in [0.25, 0.3) is 0 Å². The average molecular weight is 374 g/mol. The molecule has 10 heteroatoms. The molecule has 0 spiro atoms. The molecule has 1 aromatic carbocycles. The van der Waals surface area contributed by atoms with Crippen LogP contribution in [0.3, 0.4) is 0 Å². The van der Waals surface area contributed by atoms with Crippen LogP contribution in [0.5, 0.6) is 0 Å². The molecule has 2 aliphatic heterocycles. The summed E-state index contributed by atoms with van der Waals surface area (Å²) in [5.74, 6) is -0.326. The van der Waals surface area contributed by atoms with Gasteiger partial charge in [0.05, 0.1) is 0 Å². The summed E-state index contributed by atoms with van der Waals surface area (Å²) in [5.41, 5.74) is 7.48. The molecule has 1 aliphatic carbocycles. The van der Waals surface area contributed by atoms with E-state index >= 15 is 0 Å². The molecule has 144 valence electrons. The third-order valence-electron chi connectivity index (χ3n) is 5.61. The molecule has 2 heterocycles. The van der Waals surface area contributed by atoms with E-state index in [1.165, 1.54) is 0 Å². The topological polar surface area (TPSA) is 129 Å². The number of hydrogen-bond donors (Lipinski definition) is 4. The van der Waals surface area contributed by atoms with Gasteiger partial charge in [-0.3, -0.25) is 25.2 Å². The standard InChI is InChI=1S/C17H22N6O4/c24-16(15-13-9-12(23(26)27)5-6-14(13)20-21-15)19-10-1-3-11(4-2-10)22-8-7-18-17(22)25/h1-4,12-15,20-21H,5-9H2,(H,18,25)(H,19,24). The lowest BCUT2D eigenvalue weighted by molar-refractivity contribution is -0.528. The molecule has 3 fully saturated rings. The fourth-order valence-corrected chi connectivity index (χ4v) is 4.15. The first-order valence-electron chi connectivity index (χ1n) is 9.14. The van der Waals surface area contributed by atoms with Crippen molar-refractivity contribution in [2.75, 3.05) is 23.3 Å². The van der Waals surface area contributed by atoms with Gasteiger partial charge in [-0.25, -0.2) is 10.2 Å². The molecular weight excluding hydrogens is 352 g/mol. The van der Waals surface area contributed by atoms with Crippen molar-refractivity contribution in [3.8, 4) is 0 Å². The van der Waals surface area contributed by atoms with Crippen LogP contribution in [0.25, 0.3) is 0 Å². The van der Waals surface area contributed by atoms with Gasteiger partial charge in [0.1, 0.15) is 6.04 Å².